The summed E-state index contributed by atoms with van der Waals surface area (Å²) in [5.74, 6) is 0.137. The molecule has 0 radical (unpaired) electrons. The van der Waals surface area contributed by atoms with Gasteiger partial charge in [0.25, 0.3) is 5.91 Å². The fourth-order valence-electron chi connectivity index (χ4n) is 4.68. The molecule has 2 aliphatic rings. The van der Waals surface area contributed by atoms with Crippen LogP contribution in [0.2, 0.25) is 0 Å². The summed E-state index contributed by atoms with van der Waals surface area (Å²) in [4.78, 5) is 19.1. The van der Waals surface area contributed by atoms with Gasteiger partial charge >= 0.3 is 0 Å². The highest BCUT2D eigenvalue weighted by molar-refractivity contribution is 5.94. The summed E-state index contributed by atoms with van der Waals surface area (Å²) in [5, 5.41) is 11.6. The van der Waals surface area contributed by atoms with Gasteiger partial charge in [0.1, 0.15) is 0 Å². The largest absolute Gasteiger partial charge is 0.385 e. The van der Waals surface area contributed by atoms with Crippen molar-refractivity contribution in [1.29, 1.82) is 0 Å². The molecule has 1 amide bonds. The molecule has 1 saturated heterocycles. The van der Waals surface area contributed by atoms with Crippen LogP contribution >= 0.6 is 0 Å². The summed E-state index contributed by atoms with van der Waals surface area (Å²) in [6.45, 7) is 0.584. The number of pyridine rings is 1. The number of likely N-dealkylation sites (tertiary alicyclic amines) is 1. The topological polar surface area (TPSA) is 53.4 Å². The second-order valence-electron chi connectivity index (χ2n) is 7.24. The van der Waals surface area contributed by atoms with Gasteiger partial charge in [0.2, 0.25) is 0 Å². The van der Waals surface area contributed by atoms with Gasteiger partial charge < -0.3 is 10.0 Å². The highest BCUT2D eigenvalue weighted by Crippen LogP contribution is 2.47. The third kappa shape index (κ3) is 2.85. The first-order valence-electron chi connectivity index (χ1n) is 9.19. The Balaban J connectivity index is 1.66. The molecule has 2 heterocycles. The van der Waals surface area contributed by atoms with Crippen molar-refractivity contribution >= 4 is 5.91 Å². The van der Waals surface area contributed by atoms with Gasteiger partial charge in [-0.25, -0.2) is 0 Å². The van der Waals surface area contributed by atoms with E-state index in [0.29, 0.717) is 18.5 Å². The van der Waals surface area contributed by atoms with Gasteiger partial charge in [-0.2, -0.15) is 0 Å². The normalized spacial score (nSPS) is 29.1. The van der Waals surface area contributed by atoms with E-state index in [1.165, 1.54) is 0 Å². The molecule has 0 spiro atoms. The fraction of sp³-hybridized carbons (Fsp3) is 0.429. The van der Waals surface area contributed by atoms with E-state index in [0.717, 1.165) is 31.2 Å². The predicted molar refractivity (Wildman–Crippen MR) is 96.0 cm³/mol. The lowest BCUT2D eigenvalue weighted by atomic mass is 9.66. The zero-order chi connectivity index (χ0) is 17.3. The monoisotopic (exact) mass is 336 g/mol. The maximum atomic E-state index is 13.0. The Bertz CT molecular complexity index is 734. The Hall–Kier alpha value is -2.20. The second-order valence-corrected chi connectivity index (χ2v) is 7.24. The van der Waals surface area contributed by atoms with Crippen molar-refractivity contribution in [1.82, 2.24) is 9.88 Å². The number of carbonyl (C=O) groups is 1. The van der Waals surface area contributed by atoms with Gasteiger partial charge in [0, 0.05) is 30.9 Å². The van der Waals surface area contributed by atoms with Gasteiger partial charge in [0.15, 0.2) is 0 Å². The predicted octanol–water partition coefficient (Wildman–Crippen LogP) is 3.37. The third-order valence-electron chi connectivity index (χ3n) is 5.92. The number of piperidine rings is 1. The van der Waals surface area contributed by atoms with Crippen molar-refractivity contribution in [2.45, 2.75) is 43.7 Å². The molecule has 1 aliphatic heterocycles. The number of aliphatic hydroxyl groups is 1. The van der Waals surface area contributed by atoms with E-state index in [2.05, 4.69) is 4.98 Å². The van der Waals surface area contributed by atoms with Crippen molar-refractivity contribution in [2.75, 3.05) is 6.54 Å². The van der Waals surface area contributed by atoms with Gasteiger partial charge in [0.05, 0.1) is 11.2 Å². The lowest BCUT2D eigenvalue weighted by molar-refractivity contribution is -0.110. The third-order valence-corrected chi connectivity index (χ3v) is 5.92. The van der Waals surface area contributed by atoms with Crippen LogP contribution < -0.4 is 0 Å². The molecule has 1 aromatic carbocycles. The molecule has 1 N–H and O–H groups in total. The van der Waals surface area contributed by atoms with E-state index in [4.69, 9.17) is 0 Å². The molecule has 1 aliphatic carbocycles. The Morgan fingerprint density at radius 1 is 1.12 bits per heavy atom. The molecule has 130 valence electrons. The standard InChI is InChI=1S/C21H24N2O2/c24-20(16-7-6-13-22-15-16)23-14-12-21(25,17-8-2-1-3-9-17)18-10-4-5-11-19(18)23/h1-3,6-9,13,15,18-19,25H,4-5,10-12,14H2/t18-,19+,21-/m0/s1. The van der Waals surface area contributed by atoms with E-state index in [-0.39, 0.29) is 17.9 Å². The molecule has 4 rings (SSSR count). The maximum absolute atomic E-state index is 13.0. The quantitative estimate of drug-likeness (QED) is 0.915. The van der Waals surface area contributed by atoms with Crippen LogP contribution in [0.5, 0.6) is 0 Å². The first-order chi connectivity index (χ1) is 12.2. The molecule has 0 unspecified atom stereocenters. The highest BCUT2D eigenvalue weighted by atomic mass is 16.3. The summed E-state index contributed by atoms with van der Waals surface area (Å²) in [6, 6.07) is 13.7. The van der Waals surface area contributed by atoms with Gasteiger partial charge in [-0.1, -0.05) is 43.2 Å². The van der Waals surface area contributed by atoms with Crippen LogP contribution in [0.1, 0.15) is 48.0 Å². The zero-order valence-electron chi connectivity index (χ0n) is 14.3. The van der Waals surface area contributed by atoms with Crippen molar-refractivity contribution in [3.05, 3.63) is 66.0 Å². The van der Waals surface area contributed by atoms with Crippen LogP contribution in [0, 0.1) is 5.92 Å². The molecule has 0 bridgehead atoms. The van der Waals surface area contributed by atoms with Crippen LogP contribution in [0.3, 0.4) is 0 Å². The lowest BCUT2D eigenvalue weighted by Gasteiger charge is -2.52. The summed E-state index contributed by atoms with van der Waals surface area (Å²) in [5.41, 5.74) is 0.787. The molecule has 1 aromatic heterocycles. The summed E-state index contributed by atoms with van der Waals surface area (Å²) < 4.78 is 0. The molecule has 25 heavy (non-hydrogen) atoms. The second kappa shape index (κ2) is 6.60. The van der Waals surface area contributed by atoms with Gasteiger partial charge in [-0.05, 0) is 37.0 Å². The molecule has 2 aromatic rings. The van der Waals surface area contributed by atoms with E-state index >= 15 is 0 Å². The number of benzene rings is 1. The van der Waals surface area contributed by atoms with Crippen molar-refractivity contribution in [3.8, 4) is 0 Å². The summed E-state index contributed by atoms with van der Waals surface area (Å²) in [7, 11) is 0. The number of nitrogens with zero attached hydrogens (tertiary/aromatic N) is 2. The average molecular weight is 336 g/mol. The number of rotatable bonds is 2. The molecule has 4 nitrogen and oxygen atoms in total. The van der Waals surface area contributed by atoms with Crippen LogP contribution in [-0.4, -0.2) is 33.5 Å². The maximum Gasteiger partial charge on any atom is 0.255 e. The van der Waals surface area contributed by atoms with Crippen LogP contribution in [-0.2, 0) is 5.60 Å². The first kappa shape index (κ1) is 16.3. The molecular formula is C21H24N2O2. The molecular weight excluding hydrogens is 312 g/mol. The molecule has 3 atom stereocenters. The molecule has 1 saturated carbocycles. The smallest absolute Gasteiger partial charge is 0.255 e. The van der Waals surface area contributed by atoms with E-state index in [1.807, 2.05) is 41.3 Å². The Kier molecular flexibility index (Phi) is 4.30. The number of fused-ring (bicyclic) bond motifs is 1. The minimum absolute atomic E-state index is 0.0418. The Labute approximate surface area is 148 Å². The van der Waals surface area contributed by atoms with E-state index in [9.17, 15) is 9.90 Å². The number of aromatic nitrogens is 1. The van der Waals surface area contributed by atoms with Gasteiger partial charge in [-0.3, -0.25) is 9.78 Å². The van der Waals surface area contributed by atoms with Crippen molar-refractivity contribution in [2.24, 2.45) is 5.92 Å². The molecule has 4 heteroatoms. The SMILES string of the molecule is O=C(c1cccnc1)N1CC[C@](O)(c2ccccc2)[C@H]2CCCC[C@H]21. The number of hydrogen-bond acceptors (Lipinski definition) is 3. The van der Waals surface area contributed by atoms with E-state index in [1.54, 1.807) is 18.5 Å². The number of carbonyl (C=O) groups excluding carboxylic acids is 1. The fourth-order valence-corrected chi connectivity index (χ4v) is 4.68. The summed E-state index contributed by atoms with van der Waals surface area (Å²) >= 11 is 0. The Morgan fingerprint density at radius 3 is 2.68 bits per heavy atom. The van der Waals surface area contributed by atoms with Crippen LogP contribution in [0.25, 0.3) is 0 Å². The zero-order valence-corrected chi connectivity index (χ0v) is 14.3. The number of amides is 1. The average Bonchev–Trinajstić information content (AvgIpc) is 2.69. The summed E-state index contributed by atoms with van der Waals surface area (Å²) in [6.07, 6.45) is 8.07. The minimum Gasteiger partial charge on any atom is -0.385 e. The first-order valence-corrected chi connectivity index (χ1v) is 9.19. The van der Waals surface area contributed by atoms with Crippen LogP contribution in [0.4, 0.5) is 0 Å². The van der Waals surface area contributed by atoms with Crippen LogP contribution in [0.15, 0.2) is 54.9 Å². The van der Waals surface area contributed by atoms with Crippen molar-refractivity contribution in [3.63, 3.8) is 0 Å². The van der Waals surface area contributed by atoms with Crippen molar-refractivity contribution < 1.29 is 9.90 Å². The number of hydrogen-bond donors (Lipinski definition) is 1. The minimum atomic E-state index is -0.835. The highest BCUT2D eigenvalue weighted by Gasteiger charge is 2.50. The van der Waals surface area contributed by atoms with Gasteiger partial charge in [-0.15, -0.1) is 0 Å². The Morgan fingerprint density at radius 2 is 1.92 bits per heavy atom. The van der Waals surface area contributed by atoms with E-state index < -0.39 is 5.60 Å². The lowest BCUT2D eigenvalue weighted by Crippen LogP contribution is -2.59. The molecule has 2 fully saturated rings.